The van der Waals surface area contributed by atoms with Crippen LogP contribution in [0, 0.1) is 16.7 Å². The second-order valence-corrected chi connectivity index (χ2v) is 28.7. The monoisotopic (exact) mass is 1210 g/mol. The van der Waals surface area contributed by atoms with Gasteiger partial charge < -0.3 is 14.0 Å². The lowest BCUT2D eigenvalue weighted by Gasteiger charge is -2.52. The standard InChI is InChI=1S/C91H75N3/c1-59(88(2,3)4)90(8,89(5,6)7)66-44-38-62(39-45-66)64-42-50-74-72-30-15-19-34-80(72)91(82(74)55-64)81-35-20-16-31-73(81)75-52-48-70(57-83(75)91)94-85-37-22-18-32-76(85)78-51-43-65(56-86(78)94)63-26-23-29-69(54-63)92(68-46-40-61(41-47-68)60-24-11-9-12-25-60)71-49-53-79-77-33-17-21-36-84(77)93(87(79)58-71)67-27-13-10-14-28-67/h9-59H,1-8H3. The topological polar surface area (TPSA) is 13.1 Å². The normalized spacial score (nSPS) is 15.1. The summed E-state index contributed by atoms with van der Waals surface area (Å²) >= 11 is 0. The summed E-state index contributed by atoms with van der Waals surface area (Å²) in [6.07, 6.45) is 0. The van der Waals surface area contributed by atoms with E-state index in [-0.39, 0.29) is 16.2 Å². The van der Waals surface area contributed by atoms with Crippen LogP contribution < -0.4 is 4.90 Å². The molecule has 3 unspecified atom stereocenters. The Hall–Kier alpha value is -10.7. The summed E-state index contributed by atoms with van der Waals surface area (Å²) in [7, 11) is 0. The van der Waals surface area contributed by atoms with Crippen LogP contribution >= 0.6 is 0 Å². The third kappa shape index (κ3) is 8.63. The summed E-state index contributed by atoms with van der Waals surface area (Å²) in [4.78, 5) is 2.42. The van der Waals surface area contributed by atoms with Gasteiger partial charge in [-0.25, -0.2) is 0 Å². The molecule has 2 aromatic heterocycles. The lowest BCUT2D eigenvalue weighted by molar-refractivity contribution is 0.0579. The van der Waals surface area contributed by atoms with Gasteiger partial charge >= 0.3 is 0 Å². The van der Waals surface area contributed by atoms with Gasteiger partial charge in [-0.15, -0.1) is 0 Å². The molecule has 3 atom stereocenters. The molecule has 0 fully saturated rings. The first-order chi connectivity index (χ1) is 45.7. The zero-order chi connectivity index (χ0) is 63.8. The van der Waals surface area contributed by atoms with Gasteiger partial charge in [0.1, 0.15) is 0 Å². The fourth-order valence-electron chi connectivity index (χ4n) is 16.7. The summed E-state index contributed by atoms with van der Waals surface area (Å²) < 4.78 is 4.94. The van der Waals surface area contributed by atoms with E-state index in [4.69, 9.17) is 0 Å². The highest BCUT2D eigenvalue weighted by molar-refractivity contribution is 6.12. The molecule has 0 N–H and O–H groups in total. The Labute approximate surface area is 552 Å². The molecular formula is C91H75N3. The molecule has 94 heavy (non-hydrogen) atoms. The van der Waals surface area contributed by atoms with Gasteiger partial charge in [0.15, 0.2) is 0 Å². The fraction of sp³-hybridized carbons (Fsp3) is 0.143. The van der Waals surface area contributed by atoms with Crippen LogP contribution in [0.5, 0.6) is 0 Å². The van der Waals surface area contributed by atoms with Crippen molar-refractivity contribution in [2.75, 3.05) is 4.90 Å². The van der Waals surface area contributed by atoms with Crippen molar-refractivity contribution in [3.63, 3.8) is 0 Å². The van der Waals surface area contributed by atoms with Crippen LogP contribution in [0.1, 0.15) is 83.2 Å². The van der Waals surface area contributed by atoms with Gasteiger partial charge in [-0.3, -0.25) is 0 Å². The predicted octanol–water partition coefficient (Wildman–Crippen LogP) is 24.7. The molecule has 0 radical (unpaired) electrons. The molecule has 0 saturated carbocycles. The Morgan fingerprint density at radius 3 is 1.38 bits per heavy atom. The Kier molecular flexibility index (Phi) is 13.0. The first-order valence-electron chi connectivity index (χ1n) is 33.5. The van der Waals surface area contributed by atoms with Gasteiger partial charge in [0.2, 0.25) is 0 Å². The maximum Gasteiger partial charge on any atom is 0.0726 e. The second-order valence-electron chi connectivity index (χ2n) is 28.7. The molecule has 13 aromatic carbocycles. The average molecular weight is 1210 g/mol. The Morgan fingerprint density at radius 1 is 0.298 bits per heavy atom. The smallest absolute Gasteiger partial charge is 0.0726 e. The molecule has 3 heteroatoms. The van der Waals surface area contributed by atoms with E-state index in [9.17, 15) is 0 Å². The van der Waals surface area contributed by atoms with Gasteiger partial charge in [0.05, 0.1) is 27.5 Å². The maximum absolute atomic E-state index is 2.54. The number of hydrogen-bond acceptors (Lipinski definition) is 1. The van der Waals surface area contributed by atoms with Gasteiger partial charge in [-0.2, -0.15) is 0 Å². The molecule has 17 rings (SSSR count). The largest absolute Gasteiger partial charge is 0.310 e. The van der Waals surface area contributed by atoms with Crippen LogP contribution in [0.4, 0.5) is 17.1 Å². The van der Waals surface area contributed by atoms with Crippen LogP contribution in [-0.2, 0) is 10.8 Å². The van der Waals surface area contributed by atoms with E-state index in [2.05, 4.69) is 373 Å². The van der Waals surface area contributed by atoms with Gasteiger partial charge in [-0.1, -0.05) is 274 Å². The van der Waals surface area contributed by atoms with E-state index in [0.717, 1.165) is 45.1 Å². The molecule has 2 heterocycles. The maximum atomic E-state index is 2.54. The third-order valence-electron chi connectivity index (χ3n) is 22.1. The van der Waals surface area contributed by atoms with E-state index in [1.165, 1.54) is 110 Å². The summed E-state index contributed by atoms with van der Waals surface area (Å²) in [6.45, 7) is 19.4. The number of para-hydroxylation sites is 3. The average Bonchev–Trinajstić information content (AvgIpc) is 1.51. The van der Waals surface area contributed by atoms with Crippen molar-refractivity contribution < 1.29 is 0 Å². The van der Waals surface area contributed by atoms with Crippen molar-refractivity contribution in [3.05, 3.63) is 331 Å². The highest BCUT2D eigenvalue weighted by atomic mass is 15.1. The summed E-state index contributed by atoms with van der Waals surface area (Å²) in [5.74, 6) is 0.445. The number of fused-ring (bicyclic) bond motifs is 16. The first-order valence-corrected chi connectivity index (χ1v) is 33.5. The van der Waals surface area contributed by atoms with Crippen molar-refractivity contribution in [1.29, 1.82) is 0 Å². The number of nitrogens with zero attached hydrogens (tertiary/aromatic N) is 3. The molecule has 0 bridgehead atoms. The summed E-state index contributed by atoms with van der Waals surface area (Å²) in [5, 5.41) is 4.90. The molecule has 0 aliphatic heterocycles. The Bertz CT molecular complexity index is 5460. The van der Waals surface area contributed by atoms with Crippen molar-refractivity contribution in [3.8, 4) is 67.0 Å². The van der Waals surface area contributed by atoms with Gasteiger partial charge in [-0.05, 0) is 185 Å². The highest BCUT2D eigenvalue weighted by Crippen LogP contribution is 2.64. The van der Waals surface area contributed by atoms with E-state index < -0.39 is 5.41 Å². The van der Waals surface area contributed by atoms with Crippen LogP contribution in [0.25, 0.3) is 111 Å². The minimum atomic E-state index is -0.558. The van der Waals surface area contributed by atoms with Crippen LogP contribution in [0.2, 0.25) is 0 Å². The van der Waals surface area contributed by atoms with E-state index in [1.807, 2.05) is 0 Å². The quantitative estimate of drug-likeness (QED) is 0.133. The second kappa shape index (κ2) is 21.4. The van der Waals surface area contributed by atoms with Gasteiger partial charge in [0.25, 0.3) is 0 Å². The molecular weight excluding hydrogens is 1140 g/mol. The lowest BCUT2D eigenvalue weighted by Crippen LogP contribution is -2.47. The number of anilines is 3. The van der Waals surface area contributed by atoms with Crippen molar-refractivity contribution >= 4 is 60.7 Å². The molecule has 2 aliphatic carbocycles. The molecule has 0 amide bonds. The third-order valence-corrected chi connectivity index (χ3v) is 22.1. The zero-order valence-electron chi connectivity index (χ0n) is 54.8. The number of aromatic nitrogens is 2. The van der Waals surface area contributed by atoms with Gasteiger partial charge in [0, 0.05) is 55.4 Å². The lowest BCUT2D eigenvalue weighted by atomic mass is 9.53. The SMILES string of the molecule is CC(C(C)(C)C)C(C)(c1ccc(-c2ccc3c(c2)C2(c4ccccc4-3)c3ccccc3-c3ccc(-n4c5ccccc5c5ccc(-c6cccc(N(c7ccc(-c8ccccc8)cc7)c7ccc8c9ccccc9n(-c9ccccc9)c8c7)c6)cc54)cc32)cc1)C(C)(C)C. The predicted molar refractivity (Wildman–Crippen MR) is 398 cm³/mol. The fourth-order valence-corrected chi connectivity index (χ4v) is 16.7. The first kappa shape index (κ1) is 57.2. The Balaban J connectivity index is 0.810. The number of rotatable bonds is 10. The highest BCUT2D eigenvalue weighted by Gasteiger charge is 2.52. The van der Waals surface area contributed by atoms with Crippen LogP contribution in [0.15, 0.2) is 303 Å². The summed E-state index contributed by atoms with van der Waals surface area (Å²) in [6, 6.07) is 114. The molecule has 0 saturated heterocycles. The van der Waals surface area contributed by atoms with Crippen molar-refractivity contribution in [2.45, 2.75) is 66.2 Å². The van der Waals surface area contributed by atoms with Crippen LogP contribution in [0.3, 0.4) is 0 Å². The van der Waals surface area contributed by atoms with E-state index >= 15 is 0 Å². The number of hydrogen-bond donors (Lipinski definition) is 0. The van der Waals surface area contributed by atoms with Crippen molar-refractivity contribution in [1.82, 2.24) is 9.13 Å². The molecule has 1 spiro atoms. The van der Waals surface area contributed by atoms with E-state index in [0.29, 0.717) is 5.92 Å². The molecule has 2 aliphatic rings. The molecule has 3 nitrogen and oxygen atoms in total. The number of benzene rings is 13. The molecule has 454 valence electrons. The van der Waals surface area contributed by atoms with Crippen LogP contribution in [-0.4, -0.2) is 9.13 Å². The minimum Gasteiger partial charge on any atom is -0.310 e. The minimum absolute atomic E-state index is 0.0463. The van der Waals surface area contributed by atoms with E-state index in [1.54, 1.807) is 0 Å². The summed E-state index contributed by atoms with van der Waals surface area (Å²) in [5.41, 5.74) is 28.8. The molecule has 15 aromatic rings. The zero-order valence-corrected chi connectivity index (χ0v) is 54.8. The Morgan fingerprint density at radius 2 is 0.734 bits per heavy atom. The van der Waals surface area contributed by atoms with Crippen molar-refractivity contribution in [2.24, 2.45) is 16.7 Å².